The summed E-state index contributed by atoms with van der Waals surface area (Å²) in [6.45, 7) is 10.4. The number of carboxylic acid groups (broad SMARTS) is 1. The van der Waals surface area contributed by atoms with Crippen molar-refractivity contribution in [2.45, 2.75) is 47.1 Å². The van der Waals surface area contributed by atoms with Gasteiger partial charge in [-0.15, -0.1) is 0 Å². The quantitative estimate of drug-likeness (QED) is 0.850. The number of rotatable bonds is 4. The molecule has 0 saturated heterocycles. The first-order valence-electron chi connectivity index (χ1n) is 5.81. The van der Waals surface area contributed by atoms with Crippen LogP contribution in [0.1, 0.15) is 55.0 Å². The molecule has 0 aliphatic carbocycles. The summed E-state index contributed by atoms with van der Waals surface area (Å²) in [7, 11) is 0. The number of nitrogens with zero attached hydrogens (tertiary/aromatic N) is 1. The van der Waals surface area contributed by atoms with Crippen LogP contribution in [0.2, 0.25) is 0 Å². The van der Waals surface area contributed by atoms with Gasteiger partial charge in [-0.1, -0.05) is 20.8 Å². The van der Waals surface area contributed by atoms with Crippen molar-refractivity contribution in [3.8, 4) is 0 Å². The van der Waals surface area contributed by atoms with Crippen molar-refractivity contribution in [3.63, 3.8) is 0 Å². The highest BCUT2D eigenvalue weighted by atomic mass is 16.4. The molecule has 0 aliphatic rings. The summed E-state index contributed by atoms with van der Waals surface area (Å²) in [4.78, 5) is 11.1. The second-order valence-electron chi connectivity index (χ2n) is 4.68. The summed E-state index contributed by atoms with van der Waals surface area (Å²) in [5.41, 5.74) is 2.33. The average molecular weight is 223 g/mol. The lowest BCUT2D eigenvalue weighted by Gasteiger charge is -2.25. The highest BCUT2D eigenvalue weighted by molar-refractivity contribution is 5.89. The monoisotopic (exact) mass is 223 g/mol. The van der Waals surface area contributed by atoms with Crippen LogP contribution >= 0.6 is 0 Å². The van der Waals surface area contributed by atoms with Gasteiger partial charge in [0.2, 0.25) is 0 Å². The molecule has 90 valence electrons. The summed E-state index contributed by atoms with van der Waals surface area (Å²) in [5, 5.41) is 9.08. The third-order valence-electron chi connectivity index (χ3n) is 3.23. The Balaban J connectivity index is 3.28. The van der Waals surface area contributed by atoms with Crippen LogP contribution in [0.3, 0.4) is 0 Å². The minimum Gasteiger partial charge on any atom is -0.478 e. The molecule has 0 fully saturated rings. The molecule has 1 unspecified atom stereocenters. The molecule has 1 aromatic rings. The Kier molecular flexibility index (Phi) is 3.79. The largest absolute Gasteiger partial charge is 0.478 e. The zero-order chi connectivity index (χ0) is 12.5. The molecule has 1 atom stereocenters. The van der Waals surface area contributed by atoms with Crippen molar-refractivity contribution in [1.29, 1.82) is 0 Å². The molecule has 0 radical (unpaired) electrons. The van der Waals surface area contributed by atoms with Crippen LogP contribution < -0.4 is 0 Å². The van der Waals surface area contributed by atoms with E-state index in [1.165, 1.54) is 0 Å². The fourth-order valence-corrected chi connectivity index (χ4v) is 2.46. The fourth-order valence-electron chi connectivity index (χ4n) is 2.46. The third-order valence-corrected chi connectivity index (χ3v) is 3.23. The van der Waals surface area contributed by atoms with E-state index in [1.54, 1.807) is 6.07 Å². The molecular formula is C13H21NO2. The Morgan fingerprint density at radius 3 is 2.31 bits per heavy atom. The SMILES string of the molecule is CCC(C(C)C)n1c(C)cc(C(=O)O)c1C. The van der Waals surface area contributed by atoms with E-state index in [4.69, 9.17) is 5.11 Å². The molecule has 0 amide bonds. The Labute approximate surface area is 97.1 Å². The minimum absolute atomic E-state index is 0.382. The van der Waals surface area contributed by atoms with Gasteiger partial charge in [-0.2, -0.15) is 0 Å². The summed E-state index contributed by atoms with van der Waals surface area (Å²) < 4.78 is 2.16. The van der Waals surface area contributed by atoms with E-state index in [1.807, 2.05) is 13.8 Å². The van der Waals surface area contributed by atoms with E-state index in [2.05, 4.69) is 25.3 Å². The molecule has 0 spiro atoms. The average Bonchev–Trinajstić information content (AvgIpc) is 2.46. The molecule has 0 aromatic carbocycles. The standard InChI is InChI=1S/C13H21NO2/c1-6-12(8(2)3)14-9(4)7-11(10(14)5)13(15)16/h7-8,12H,6H2,1-5H3,(H,15,16). The van der Waals surface area contributed by atoms with E-state index in [0.717, 1.165) is 17.8 Å². The zero-order valence-electron chi connectivity index (χ0n) is 10.7. The molecule has 1 rings (SSSR count). The highest BCUT2D eigenvalue weighted by Gasteiger charge is 2.21. The lowest BCUT2D eigenvalue weighted by Crippen LogP contribution is -2.17. The van der Waals surface area contributed by atoms with Crippen LogP contribution in [-0.2, 0) is 0 Å². The van der Waals surface area contributed by atoms with Crippen LogP contribution in [0.4, 0.5) is 0 Å². The highest BCUT2D eigenvalue weighted by Crippen LogP contribution is 2.27. The second-order valence-corrected chi connectivity index (χ2v) is 4.68. The number of hydrogen-bond donors (Lipinski definition) is 1. The van der Waals surface area contributed by atoms with E-state index < -0.39 is 5.97 Å². The molecule has 0 saturated carbocycles. The van der Waals surface area contributed by atoms with Gasteiger partial charge >= 0.3 is 5.97 Å². The van der Waals surface area contributed by atoms with Gasteiger partial charge in [-0.25, -0.2) is 4.79 Å². The van der Waals surface area contributed by atoms with Gasteiger partial charge in [0.15, 0.2) is 0 Å². The minimum atomic E-state index is -0.835. The number of aromatic carboxylic acids is 1. The van der Waals surface area contributed by atoms with E-state index in [-0.39, 0.29) is 0 Å². The topological polar surface area (TPSA) is 42.2 Å². The maximum Gasteiger partial charge on any atom is 0.337 e. The summed E-state index contributed by atoms with van der Waals surface area (Å²) in [5.74, 6) is -0.325. The Hall–Kier alpha value is -1.25. The molecule has 0 aliphatic heterocycles. The van der Waals surface area contributed by atoms with Crippen LogP contribution in [0.25, 0.3) is 0 Å². The number of aromatic nitrogens is 1. The van der Waals surface area contributed by atoms with Crippen molar-refractivity contribution < 1.29 is 9.90 Å². The maximum atomic E-state index is 11.1. The predicted octanol–water partition coefficient (Wildman–Crippen LogP) is 3.41. The van der Waals surface area contributed by atoms with Crippen LogP contribution in [0.5, 0.6) is 0 Å². The van der Waals surface area contributed by atoms with Crippen LogP contribution in [0.15, 0.2) is 6.07 Å². The molecule has 3 nitrogen and oxygen atoms in total. The van der Waals surface area contributed by atoms with Gasteiger partial charge in [-0.3, -0.25) is 0 Å². The van der Waals surface area contributed by atoms with Gasteiger partial charge in [0.05, 0.1) is 5.56 Å². The van der Waals surface area contributed by atoms with Crippen molar-refractivity contribution >= 4 is 5.97 Å². The lowest BCUT2D eigenvalue weighted by atomic mass is 10.0. The number of carboxylic acids is 1. The number of hydrogen-bond acceptors (Lipinski definition) is 1. The van der Waals surface area contributed by atoms with E-state index in [9.17, 15) is 4.79 Å². The van der Waals surface area contributed by atoms with Gasteiger partial charge < -0.3 is 9.67 Å². The van der Waals surface area contributed by atoms with Crippen molar-refractivity contribution in [2.75, 3.05) is 0 Å². The molecule has 16 heavy (non-hydrogen) atoms. The fraction of sp³-hybridized carbons (Fsp3) is 0.615. The van der Waals surface area contributed by atoms with Crippen molar-refractivity contribution in [2.24, 2.45) is 5.92 Å². The molecular weight excluding hydrogens is 202 g/mol. The lowest BCUT2D eigenvalue weighted by molar-refractivity contribution is 0.0695. The van der Waals surface area contributed by atoms with Crippen LogP contribution in [-0.4, -0.2) is 15.6 Å². The molecule has 1 aromatic heterocycles. The first-order chi connectivity index (χ1) is 7.40. The Morgan fingerprint density at radius 1 is 1.44 bits per heavy atom. The van der Waals surface area contributed by atoms with Crippen molar-refractivity contribution in [3.05, 3.63) is 23.0 Å². The summed E-state index contributed by atoms with van der Waals surface area (Å²) in [6.07, 6.45) is 1.02. The summed E-state index contributed by atoms with van der Waals surface area (Å²) >= 11 is 0. The maximum absolute atomic E-state index is 11.1. The first kappa shape index (κ1) is 12.8. The first-order valence-corrected chi connectivity index (χ1v) is 5.81. The molecule has 1 heterocycles. The Bertz CT molecular complexity index is 391. The van der Waals surface area contributed by atoms with E-state index in [0.29, 0.717) is 17.5 Å². The molecule has 1 N–H and O–H groups in total. The Morgan fingerprint density at radius 2 is 2.00 bits per heavy atom. The summed E-state index contributed by atoms with van der Waals surface area (Å²) in [6, 6.07) is 2.15. The van der Waals surface area contributed by atoms with Gasteiger partial charge in [0.25, 0.3) is 0 Å². The predicted molar refractivity (Wildman–Crippen MR) is 65.0 cm³/mol. The smallest absolute Gasteiger partial charge is 0.337 e. The number of aryl methyl sites for hydroxylation is 1. The van der Waals surface area contributed by atoms with Gasteiger partial charge in [0.1, 0.15) is 0 Å². The van der Waals surface area contributed by atoms with Gasteiger partial charge in [-0.05, 0) is 32.3 Å². The second kappa shape index (κ2) is 4.73. The zero-order valence-corrected chi connectivity index (χ0v) is 10.7. The molecule has 0 bridgehead atoms. The molecule has 3 heteroatoms. The van der Waals surface area contributed by atoms with E-state index >= 15 is 0 Å². The number of carbonyl (C=O) groups is 1. The normalized spacial score (nSPS) is 13.1. The van der Waals surface area contributed by atoms with Crippen molar-refractivity contribution in [1.82, 2.24) is 4.57 Å². The van der Waals surface area contributed by atoms with Gasteiger partial charge in [0, 0.05) is 17.4 Å². The third kappa shape index (κ3) is 2.13. The van der Waals surface area contributed by atoms with Crippen LogP contribution in [0, 0.1) is 19.8 Å².